The lowest BCUT2D eigenvalue weighted by Crippen LogP contribution is -2.32. The summed E-state index contributed by atoms with van der Waals surface area (Å²) in [6.07, 6.45) is 0.678. The van der Waals surface area contributed by atoms with Crippen LogP contribution in [0.25, 0.3) is 0 Å². The number of nitrogens with zero attached hydrogens (tertiary/aromatic N) is 1. The highest BCUT2D eigenvalue weighted by atomic mass is 32.2. The molecule has 2 heterocycles. The van der Waals surface area contributed by atoms with E-state index in [0.29, 0.717) is 5.76 Å². The number of amides is 1. The van der Waals surface area contributed by atoms with Crippen molar-refractivity contribution in [2.45, 2.75) is 50.2 Å². The molecule has 0 bridgehead atoms. The summed E-state index contributed by atoms with van der Waals surface area (Å²) in [7, 11) is -3.80. The molecule has 0 saturated heterocycles. The zero-order valence-electron chi connectivity index (χ0n) is 14.7. The molecule has 2 aromatic heterocycles. The molecule has 0 radical (unpaired) electrons. The summed E-state index contributed by atoms with van der Waals surface area (Å²) < 4.78 is 37.4. The Bertz CT molecular complexity index is 945. The fourth-order valence-electron chi connectivity index (χ4n) is 2.28. The number of carbonyl (C=O) groups is 2. The summed E-state index contributed by atoms with van der Waals surface area (Å²) in [4.78, 5) is 24.6. The monoisotopic (exact) mass is 413 g/mol. The fraction of sp³-hybridized carbons (Fsp3) is 0.438. The van der Waals surface area contributed by atoms with E-state index in [2.05, 4.69) is 15.2 Å². The number of nitrogens with one attached hydrogen (secondary N) is 2. The van der Waals surface area contributed by atoms with Crippen LogP contribution in [0.2, 0.25) is 0 Å². The van der Waals surface area contributed by atoms with Gasteiger partial charge in [-0.1, -0.05) is 12.1 Å². The molecular weight excluding hydrogens is 394 g/mol. The normalized spacial score (nSPS) is 15.3. The number of hydrogen-bond acceptors (Lipinski definition) is 8. The van der Waals surface area contributed by atoms with Crippen molar-refractivity contribution in [2.24, 2.45) is 0 Å². The van der Waals surface area contributed by atoms with Crippen molar-refractivity contribution in [1.29, 1.82) is 0 Å². The van der Waals surface area contributed by atoms with Crippen LogP contribution in [0.1, 0.15) is 41.6 Å². The average Bonchev–Trinajstić information content (AvgIpc) is 3.10. The number of hydrogen-bond donors (Lipinski definition) is 2. The first kappa shape index (κ1) is 19.5. The Hall–Kier alpha value is -2.24. The van der Waals surface area contributed by atoms with Crippen molar-refractivity contribution < 1.29 is 27.3 Å². The number of anilines is 1. The lowest BCUT2D eigenvalue weighted by molar-refractivity contribution is -0.124. The van der Waals surface area contributed by atoms with Gasteiger partial charge in [0, 0.05) is 12.1 Å². The Kier molecular flexibility index (Phi) is 5.63. The van der Waals surface area contributed by atoms with Crippen molar-refractivity contribution in [1.82, 2.24) is 9.88 Å². The summed E-state index contributed by atoms with van der Waals surface area (Å²) in [5.41, 5.74) is 0. The SMILES string of the molecule is CC[C@H](OC(=O)c1sccc1S(=O)(=O)NC1CC1)C(=O)Nc1cc(C)on1. The van der Waals surface area contributed by atoms with E-state index in [4.69, 9.17) is 9.26 Å². The first-order chi connectivity index (χ1) is 12.8. The van der Waals surface area contributed by atoms with E-state index in [9.17, 15) is 18.0 Å². The predicted octanol–water partition coefficient (Wildman–Crippen LogP) is 2.06. The van der Waals surface area contributed by atoms with Gasteiger partial charge >= 0.3 is 5.97 Å². The van der Waals surface area contributed by atoms with E-state index >= 15 is 0 Å². The summed E-state index contributed by atoms with van der Waals surface area (Å²) in [5, 5.41) is 7.64. The molecule has 9 nitrogen and oxygen atoms in total. The summed E-state index contributed by atoms with van der Waals surface area (Å²) in [6.45, 7) is 3.35. The molecule has 2 N–H and O–H groups in total. The van der Waals surface area contributed by atoms with Crippen molar-refractivity contribution >= 4 is 39.1 Å². The van der Waals surface area contributed by atoms with E-state index in [1.807, 2.05) is 0 Å². The highest BCUT2D eigenvalue weighted by Gasteiger charge is 2.33. The second kappa shape index (κ2) is 7.79. The average molecular weight is 413 g/mol. The van der Waals surface area contributed by atoms with E-state index in [1.54, 1.807) is 13.8 Å². The standard InChI is InChI=1S/C16H19N3O6S2/c1-3-11(15(20)17-13-8-9(2)25-18-13)24-16(21)14-12(6-7-26-14)27(22,23)19-10-4-5-10/h6-8,10-11,19H,3-5H2,1-2H3,(H,17,18,20)/t11-/m0/s1. The number of aryl methyl sites for hydroxylation is 1. The van der Waals surface area contributed by atoms with E-state index in [1.165, 1.54) is 17.5 Å². The van der Waals surface area contributed by atoms with Crippen molar-refractivity contribution in [3.05, 3.63) is 28.2 Å². The van der Waals surface area contributed by atoms with Crippen LogP contribution in [0, 0.1) is 6.92 Å². The smallest absolute Gasteiger partial charge is 0.350 e. The maximum Gasteiger partial charge on any atom is 0.350 e. The third-order valence-corrected chi connectivity index (χ3v) is 6.38. The predicted molar refractivity (Wildman–Crippen MR) is 97.0 cm³/mol. The zero-order chi connectivity index (χ0) is 19.6. The third kappa shape index (κ3) is 4.73. The lowest BCUT2D eigenvalue weighted by atomic mass is 10.2. The Balaban J connectivity index is 1.70. The van der Waals surface area contributed by atoms with Gasteiger partial charge in [0.05, 0.1) is 0 Å². The number of sulfonamides is 1. The second-order valence-corrected chi connectivity index (χ2v) is 8.72. The minimum atomic E-state index is -3.80. The van der Waals surface area contributed by atoms with Gasteiger partial charge in [-0.05, 0) is 37.6 Å². The molecule has 1 aliphatic rings. The minimum Gasteiger partial charge on any atom is -0.448 e. The van der Waals surface area contributed by atoms with Gasteiger partial charge in [0.15, 0.2) is 11.9 Å². The fourth-order valence-corrected chi connectivity index (χ4v) is 4.88. The van der Waals surface area contributed by atoms with Gasteiger partial charge in [0.1, 0.15) is 15.5 Å². The maximum atomic E-state index is 12.5. The Morgan fingerprint density at radius 1 is 1.44 bits per heavy atom. The van der Waals surface area contributed by atoms with Crippen LogP contribution in [0.5, 0.6) is 0 Å². The van der Waals surface area contributed by atoms with Gasteiger partial charge in [0.25, 0.3) is 5.91 Å². The van der Waals surface area contributed by atoms with Crippen molar-refractivity contribution in [3.63, 3.8) is 0 Å². The van der Waals surface area contributed by atoms with E-state index in [0.717, 1.165) is 24.2 Å². The number of rotatable bonds is 8. The number of ether oxygens (including phenoxy) is 1. The number of carbonyl (C=O) groups excluding carboxylic acids is 2. The largest absolute Gasteiger partial charge is 0.448 e. The van der Waals surface area contributed by atoms with Gasteiger partial charge < -0.3 is 14.6 Å². The van der Waals surface area contributed by atoms with Crippen LogP contribution in [0.4, 0.5) is 5.82 Å². The Morgan fingerprint density at radius 2 is 2.19 bits per heavy atom. The number of aromatic nitrogens is 1. The summed E-state index contributed by atoms with van der Waals surface area (Å²) in [6, 6.07) is 2.80. The van der Waals surface area contributed by atoms with Crippen LogP contribution in [-0.2, 0) is 19.6 Å². The first-order valence-corrected chi connectivity index (χ1v) is 10.7. The van der Waals surface area contributed by atoms with Crippen LogP contribution >= 0.6 is 11.3 Å². The first-order valence-electron chi connectivity index (χ1n) is 8.35. The van der Waals surface area contributed by atoms with E-state index < -0.39 is 28.0 Å². The maximum absolute atomic E-state index is 12.5. The summed E-state index contributed by atoms with van der Waals surface area (Å²) >= 11 is 0.951. The van der Waals surface area contributed by atoms with Gasteiger partial charge in [-0.3, -0.25) is 4.79 Å². The van der Waals surface area contributed by atoms with E-state index in [-0.39, 0.29) is 28.1 Å². The van der Waals surface area contributed by atoms with Crippen molar-refractivity contribution in [2.75, 3.05) is 5.32 Å². The van der Waals surface area contributed by atoms with Crippen molar-refractivity contribution in [3.8, 4) is 0 Å². The second-order valence-electron chi connectivity index (χ2n) is 6.12. The van der Waals surface area contributed by atoms with Crippen LogP contribution in [0.3, 0.4) is 0 Å². The quantitative estimate of drug-likeness (QED) is 0.634. The molecule has 1 saturated carbocycles. The Labute approximate surface area is 160 Å². The number of thiophene rings is 1. The Morgan fingerprint density at radius 3 is 2.78 bits per heavy atom. The highest BCUT2D eigenvalue weighted by molar-refractivity contribution is 7.89. The van der Waals surface area contributed by atoms with Crippen LogP contribution < -0.4 is 10.0 Å². The van der Waals surface area contributed by atoms with Gasteiger partial charge in [-0.15, -0.1) is 11.3 Å². The molecule has 1 atom stereocenters. The molecule has 11 heteroatoms. The minimum absolute atomic E-state index is 0.0633. The van der Waals surface area contributed by atoms with Gasteiger partial charge in [-0.25, -0.2) is 17.9 Å². The molecular formula is C16H19N3O6S2. The molecule has 0 aromatic carbocycles. The molecule has 1 aliphatic carbocycles. The molecule has 0 unspecified atom stereocenters. The molecule has 146 valence electrons. The van der Waals surface area contributed by atoms with Crippen LogP contribution in [0.15, 0.2) is 26.9 Å². The molecule has 0 spiro atoms. The number of esters is 1. The third-order valence-electron chi connectivity index (χ3n) is 3.79. The molecule has 1 fully saturated rings. The van der Waals surface area contributed by atoms with Gasteiger partial charge in [0.2, 0.25) is 10.0 Å². The van der Waals surface area contributed by atoms with Gasteiger partial charge in [-0.2, -0.15) is 0 Å². The molecule has 2 aromatic rings. The zero-order valence-corrected chi connectivity index (χ0v) is 16.4. The van der Waals surface area contributed by atoms with Crippen LogP contribution in [-0.4, -0.2) is 37.6 Å². The molecule has 3 rings (SSSR count). The molecule has 1 amide bonds. The molecule has 27 heavy (non-hydrogen) atoms. The molecule has 0 aliphatic heterocycles. The lowest BCUT2D eigenvalue weighted by Gasteiger charge is -2.15. The topological polar surface area (TPSA) is 128 Å². The highest BCUT2D eigenvalue weighted by Crippen LogP contribution is 2.27. The summed E-state index contributed by atoms with van der Waals surface area (Å²) in [5.74, 6) is -0.706.